The van der Waals surface area contributed by atoms with E-state index in [0.29, 0.717) is 5.71 Å². The summed E-state index contributed by atoms with van der Waals surface area (Å²) in [6, 6.07) is 0. The van der Waals surface area contributed by atoms with E-state index in [0.717, 1.165) is 18.7 Å². The highest BCUT2D eigenvalue weighted by Crippen LogP contribution is 2.18. The van der Waals surface area contributed by atoms with E-state index < -0.39 is 0 Å². The van der Waals surface area contributed by atoms with Crippen molar-refractivity contribution in [3.63, 3.8) is 0 Å². The van der Waals surface area contributed by atoms with E-state index >= 15 is 0 Å². The van der Waals surface area contributed by atoms with Crippen molar-refractivity contribution in [3.8, 4) is 0 Å². The molecule has 12 heavy (non-hydrogen) atoms. The minimum absolute atomic E-state index is 0.626. The van der Waals surface area contributed by atoms with Crippen LogP contribution in [0.2, 0.25) is 0 Å². The first kappa shape index (κ1) is 7.16. The van der Waals surface area contributed by atoms with Gasteiger partial charge in [0, 0.05) is 6.54 Å². The SMILES string of the molecule is ON=C1C=CCC2=C1NCC=C2. The topological polar surface area (TPSA) is 44.6 Å². The van der Waals surface area contributed by atoms with E-state index in [1.54, 1.807) is 0 Å². The first-order valence-electron chi connectivity index (χ1n) is 3.94. The van der Waals surface area contributed by atoms with Crippen LogP contribution in [0.5, 0.6) is 0 Å². The molecule has 0 fully saturated rings. The maximum Gasteiger partial charge on any atom is 0.125 e. The van der Waals surface area contributed by atoms with Crippen molar-refractivity contribution in [1.29, 1.82) is 0 Å². The quantitative estimate of drug-likeness (QED) is 0.415. The Morgan fingerprint density at radius 3 is 3.08 bits per heavy atom. The molecule has 0 amide bonds. The molecule has 1 aliphatic heterocycles. The molecule has 62 valence electrons. The van der Waals surface area contributed by atoms with Crippen molar-refractivity contribution in [2.24, 2.45) is 5.16 Å². The van der Waals surface area contributed by atoms with Gasteiger partial charge in [-0.2, -0.15) is 0 Å². The fraction of sp³-hybridized carbons (Fsp3) is 0.222. The maximum absolute atomic E-state index is 8.67. The van der Waals surface area contributed by atoms with Gasteiger partial charge in [0.25, 0.3) is 0 Å². The van der Waals surface area contributed by atoms with Gasteiger partial charge in [-0.1, -0.05) is 23.4 Å². The molecule has 0 atom stereocenters. The Morgan fingerprint density at radius 2 is 2.25 bits per heavy atom. The lowest BCUT2D eigenvalue weighted by molar-refractivity contribution is 0.319. The molecule has 0 bridgehead atoms. The Morgan fingerprint density at radius 1 is 1.33 bits per heavy atom. The number of rotatable bonds is 0. The van der Waals surface area contributed by atoms with Gasteiger partial charge in [0.15, 0.2) is 0 Å². The van der Waals surface area contributed by atoms with E-state index in [9.17, 15) is 0 Å². The zero-order chi connectivity index (χ0) is 8.39. The third-order valence-corrected chi connectivity index (χ3v) is 2.01. The molecule has 0 aromatic heterocycles. The molecular formula is C9H10N2O. The van der Waals surface area contributed by atoms with Crippen LogP contribution in [0.1, 0.15) is 6.42 Å². The number of nitrogens with one attached hydrogen (secondary N) is 1. The predicted octanol–water partition coefficient (Wildman–Crippen LogP) is 1.19. The molecule has 0 spiro atoms. The molecule has 2 rings (SSSR count). The standard InChI is InChI=1S/C9H10N2O/c12-11-8-5-1-3-7-4-2-6-10-9(7)8/h1-2,4-5,10,12H,3,6H2. The normalized spacial score (nSPS) is 24.2. The van der Waals surface area contributed by atoms with Crippen molar-refractivity contribution < 1.29 is 5.21 Å². The highest BCUT2D eigenvalue weighted by atomic mass is 16.4. The van der Waals surface area contributed by atoms with Crippen molar-refractivity contribution in [2.75, 3.05) is 6.54 Å². The van der Waals surface area contributed by atoms with Crippen LogP contribution < -0.4 is 5.32 Å². The van der Waals surface area contributed by atoms with Crippen molar-refractivity contribution in [2.45, 2.75) is 6.42 Å². The fourth-order valence-electron chi connectivity index (χ4n) is 1.45. The average Bonchev–Trinajstić information content (AvgIpc) is 2.17. The molecule has 0 aromatic carbocycles. The highest BCUT2D eigenvalue weighted by molar-refractivity contribution is 6.09. The number of allylic oxidation sites excluding steroid dienone is 4. The van der Waals surface area contributed by atoms with Crippen LogP contribution in [0.3, 0.4) is 0 Å². The summed E-state index contributed by atoms with van der Waals surface area (Å²) in [6.07, 6.45) is 8.86. The minimum Gasteiger partial charge on any atom is -0.410 e. The lowest BCUT2D eigenvalue weighted by Gasteiger charge is -2.19. The van der Waals surface area contributed by atoms with Gasteiger partial charge < -0.3 is 10.5 Å². The second kappa shape index (κ2) is 2.85. The molecule has 2 aliphatic rings. The molecule has 0 saturated carbocycles. The lowest BCUT2D eigenvalue weighted by Crippen LogP contribution is -2.25. The summed E-state index contributed by atoms with van der Waals surface area (Å²) in [7, 11) is 0. The molecule has 1 heterocycles. The average molecular weight is 162 g/mol. The van der Waals surface area contributed by atoms with Crippen molar-refractivity contribution >= 4 is 5.71 Å². The Balaban J connectivity index is 2.40. The monoisotopic (exact) mass is 162 g/mol. The zero-order valence-corrected chi connectivity index (χ0v) is 6.62. The Labute approximate surface area is 70.8 Å². The van der Waals surface area contributed by atoms with Gasteiger partial charge in [-0.3, -0.25) is 0 Å². The summed E-state index contributed by atoms with van der Waals surface area (Å²) < 4.78 is 0. The van der Waals surface area contributed by atoms with E-state index in [4.69, 9.17) is 5.21 Å². The van der Waals surface area contributed by atoms with Gasteiger partial charge in [0.05, 0.1) is 5.70 Å². The third kappa shape index (κ3) is 1.03. The predicted molar refractivity (Wildman–Crippen MR) is 47.1 cm³/mol. The minimum atomic E-state index is 0.626. The summed E-state index contributed by atoms with van der Waals surface area (Å²) in [5.41, 5.74) is 2.78. The van der Waals surface area contributed by atoms with E-state index in [1.165, 1.54) is 5.57 Å². The van der Waals surface area contributed by atoms with Gasteiger partial charge >= 0.3 is 0 Å². The largest absolute Gasteiger partial charge is 0.410 e. The lowest BCUT2D eigenvalue weighted by atomic mass is 9.98. The molecule has 0 radical (unpaired) electrons. The van der Waals surface area contributed by atoms with Crippen LogP contribution >= 0.6 is 0 Å². The smallest absolute Gasteiger partial charge is 0.125 e. The fourth-order valence-corrected chi connectivity index (χ4v) is 1.45. The molecule has 0 unspecified atom stereocenters. The Kier molecular flexibility index (Phi) is 1.70. The highest BCUT2D eigenvalue weighted by Gasteiger charge is 2.14. The molecule has 0 saturated heterocycles. The van der Waals surface area contributed by atoms with Crippen molar-refractivity contribution in [3.05, 3.63) is 35.6 Å². The molecule has 1 aliphatic carbocycles. The van der Waals surface area contributed by atoms with Gasteiger partial charge in [-0.05, 0) is 18.1 Å². The number of nitrogens with zero attached hydrogens (tertiary/aromatic N) is 1. The van der Waals surface area contributed by atoms with Gasteiger partial charge in [-0.15, -0.1) is 0 Å². The summed E-state index contributed by atoms with van der Waals surface area (Å²) in [5, 5.41) is 15.0. The van der Waals surface area contributed by atoms with Crippen LogP contribution in [-0.2, 0) is 0 Å². The Hall–Kier alpha value is -1.51. The number of hydrogen-bond acceptors (Lipinski definition) is 3. The number of oxime groups is 1. The first-order valence-corrected chi connectivity index (χ1v) is 3.94. The maximum atomic E-state index is 8.67. The summed E-state index contributed by atoms with van der Waals surface area (Å²) in [4.78, 5) is 0. The van der Waals surface area contributed by atoms with Crippen LogP contribution in [0.25, 0.3) is 0 Å². The van der Waals surface area contributed by atoms with Gasteiger partial charge in [-0.25, -0.2) is 0 Å². The molecule has 3 nitrogen and oxygen atoms in total. The Bertz CT molecular complexity index is 310. The van der Waals surface area contributed by atoms with Crippen LogP contribution in [-0.4, -0.2) is 17.5 Å². The molecule has 2 N–H and O–H groups in total. The van der Waals surface area contributed by atoms with Crippen LogP contribution in [0, 0.1) is 0 Å². The van der Waals surface area contributed by atoms with Gasteiger partial charge in [0.1, 0.15) is 5.71 Å². The van der Waals surface area contributed by atoms with Crippen LogP contribution in [0.15, 0.2) is 40.7 Å². The van der Waals surface area contributed by atoms with Crippen LogP contribution in [0.4, 0.5) is 0 Å². The summed E-state index contributed by atoms with van der Waals surface area (Å²) in [5.74, 6) is 0. The second-order valence-corrected chi connectivity index (χ2v) is 2.78. The molecule has 3 heteroatoms. The third-order valence-electron chi connectivity index (χ3n) is 2.01. The van der Waals surface area contributed by atoms with Crippen molar-refractivity contribution in [1.82, 2.24) is 5.32 Å². The first-order chi connectivity index (χ1) is 5.92. The van der Waals surface area contributed by atoms with E-state index in [2.05, 4.69) is 22.6 Å². The number of hydrogen-bond donors (Lipinski definition) is 2. The molecule has 0 aromatic rings. The van der Waals surface area contributed by atoms with E-state index in [1.807, 2.05) is 12.2 Å². The summed E-state index contributed by atoms with van der Waals surface area (Å²) >= 11 is 0. The second-order valence-electron chi connectivity index (χ2n) is 2.78. The van der Waals surface area contributed by atoms with Gasteiger partial charge in [0.2, 0.25) is 0 Å². The molecular weight excluding hydrogens is 152 g/mol. The van der Waals surface area contributed by atoms with E-state index in [-0.39, 0.29) is 0 Å². The zero-order valence-electron chi connectivity index (χ0n) is 6.62. The number of dihydropyridines is 1. The summed E-state index contributed by atoms with van der Waals surface area (Å²) in [6.45, 7) is 0.811.